The van der Waals surface area contributed by atoms with E-state index in [1.54, 1.807) is 12.4 Å². The highest BCUT2D eigenvalue weighted by Crippen LogP contribution is 2.12. The zero-order chi connectivity index (χ0) is 12.4. The van der Waals surface area contributed by atoms with Gasteiger partial charge in [0.15, 0.2) is 0 Å². The average Bonchev–Trinajstić information content (AvgIpc) is 2.31. The normalized spacial score (nSPS) is 24.8. The van der Waals surface area contributed by atoms with Gasteiger partial charge >= 0.3 is 0 Å². The average molecular weight is 233 g/mol. The number of amides is 1. The van der Waals surface area contributed by atoms with Crippen molar-refractivity contribution in [1.29, 1.82) is 0 Å². The van der Waals surface area contributed by atoms with Crippen LogP contribution in [-0.4, -0.2) is 41.0 Å². The van der Waals surface area contributed by atoms with E-state index in [0.29, 0.717) is 11.6 Å². The van der Waals surface area contributed by atoms with Crippen LogP contribution in [0.1, 0.15) is 29.8 Å². The number of nitrogens with one attached hydrogen (secondary N) is 1. The third-order valence-corrected chi connectivity index (χ3v) is 3.15. The Labute approximate surface area is 102 Å². The van der Waals surface area contributed by atoms with Crippen molar-refractivity contribution >= 4 is 5.91 Å². The number of aromatic nitrogens is 1. The number of carbonyl (C=O) groups excluding carboxylic acids is 1. The highest BCUT2D eigenvalue weighted by Gasteiger charge is 2.27. The van der Waals surface area contributed by atoms with Crippen molar-refractivity contribution < 1.29 is 4.79 Å². The molecule has 1 aliphatic heterocycles. The number of hydrogen-bond acceptors (Lipinski definition) is 3. The molecule has 1 fully saturated rings. The van der Waals surface area contributed by atoms with Crippen molar-refractivity contribution in [2.45, 2.75) is 32.9 Å². The van der Waals surface area contributed by atoms with Gasteiger partial charge in [0.25, 0.3) is 5.91 Å². The molecule has 1 aromatic heterocycles. The lowest BCUT2D eigenvalue weighted by molar-refractivity contribution is 0.0616. The van der Waals surface area contributed by atoms with Gasteiger partial charge in [0.05, 0.1) is 5.56 Å². The molecule has 0 saturated carbocycles. The molecule has 0 bridgehead atoms. The maximum Gasteiger partial charge on any atom is 0.255 e. The molecular weight excluding hydrogens is 214 g/mol. The largest absolute Gasteiger partial charge is 0.333 e. The summed E-state index contributed by atoms with van der Waals surface area (Å²) in [6.45, 7) is 7.73. The molecule has 4 heteroatoms. The van der Waals surface area contributed by atoms with E-state index in [-0.39, 0.29) is 11.9 Å². The third kappa shape index (κ3) is 2.64. The standard InChI is InChI=1S/C13H19N3O/c1-9-4-12(7-14-5-9)13(17)16-8-10(2)15-6-11(16)3/h4-5,7,10-11,15H,6,8H2,1-3H3. The minimum atomic E-state index is 0.0852. The maximum atomic E-state index is 12.4. The predicted octanol–water partition coefficient (Wildman–Crippen LogP) is 1.21. The zero-order valence-electron chi connectivity index (χ0n) is 10.6. The molecular formula is C13H19N3O. The lowest BCUT2D eigenvalue weighted by Crippen LogP contribution is -2.56. The van der Waals surface area contributed by atoms with Crippen LogP contribution in [0.2, 0.25) is 0 Å². The van der Waals surface area contributed by atoms with E-state index in [9.17, 15) is 4.79 Å². The van der Waals surface area contributed by atoms with Gasteiger partial charge in [0, 0.05) is 37.6 Å². The number of nitrogens with zero attached hydrogens (tertiary/aromatic N) is 2. The molecule has 92 valence electrons. The molecule has 1 amide bonds. The number of aryl methyl sites for hydroxylation is 1. The number of pyridine rings is 1. The first-order valence-corrected chi connectivity index (χ1v) is 6.04. The van der Waals surface area contributed by atoms with Crippen LogP contribution >= 0.6 is 0 Å². The minimum absolute atomic E-state index is 0.0852. The molecule has 0 spiro atoms. The number of carbonyl (C=O) groups is 1. The number of hydrogen-bond donors (Lipinski definition) is 1. The SMILES string of the molecule is Cc1cncc(C(=O)N2CC(C)NCC2C)c1. The Bertz CT molecular complexity index is 419. The number of rotatable bonds is 1. The quantitative estimate of drug-likeness (QED) is 0.793. The summed E-state index contributed by atoms with van der Waals surface area (Å²) in [5.74, 6) is 0.0852. The molecule has 1 aliphatic rings. The van der Waals surface area contributed by atoms with Crippen molar-refractivity contribution in [1.82, 2.24) is 15.2 Å². The summed E-state index contributed by atoms with van der Waals surface area (Å²) in [7, 11) is 0. The highest BCUT2D eigenvalue weighted by molar-refractivity contribution is 5.94. The monoisotopic (exact) mass is 233 g/mol. The van der Waals surface area contributed by atoms with Crippen LogP contribution in [0.4, 0.5) is 0 Å². The molecule has 2 heterocycles. The lowest BCUT2D eigenvalue weighted by atomic mass is 10.1. The summed E-state index contributed by atoms with van der Waals surface area (Å²) >= 11 is 0. The summed E-state index contributed by atoms with van der Waals surface area (Å²) in [6, 6.07) is 2.49. The first kappa shape index (κ1) is 12.0. The maximum absolute atomic E-state index is 12.4. The van der Waals surface area contributed by atoms with Gasteiger partial charge in [-0.3, -0.25) is 9.78 Å². The molecule has 1 saturated heterocycles. The summed E-state index contributed by atoms with van der Waals surface area (Å²) in [6.07, 6.45) is 3.41. The smallest absolute Gasteiger partial charge is 0.255 e. The summed E-state index contributed by atoms with van der Waals surface area (Å²) in [5, 5.41) is 3.37. The second-order valence-corrected chi connectivity index (χ2v) is 4.87. The van der Waals surface area contributed by atoms with Gasteiger partial charge in [-0.05, 0) is 32.4 Å². The van der Waals surface area contributed by atoms with Crippen LogP contribution in [0.25, 0.3) is 0 Å². The van der Waals surface area contributed by atoms with Crippen molar-refractivity contribution in [3.05, 3.63) is 29.6 Å². The van der Waals surface area contributed by atoms with Crippen LogP contribution in [-0.2, 0) is 0 Å². The first-order chi connectivity index (χ1) is 8.08. The van der Waals surface area contributed by atoms with Gasteiger partial charge < -0.3 is 10.2 Å². The van der Waals surface area contributed by atoms with Gasteiger partial charge in [0.2, 0.25) is 0 Å². The predicted molar refractivity (Wildman–Crippen MR) is 66.9 cm³/mol. The van der Waals surface area contributed by atoms with Crippen molar-refractivity contribution in [2.24, 2.45) is 0 Å². The molecule has 2 unspecified atom stereocenters. The highest BCUT2D eigenvalue weighted by atomic mass is 16.2. The zero-order valence-corrected chi connectivity index (χ0v) is 10.6. The fraction of sp³-hybridized carbons (Fsp3) is 0.538. The van der Waals surface area contributed by atoms with E-state index in [1.165, 1.54) is 0 Å². The Morgan fingerprint density at radius 2 is 2.24 bits per heavy atom. The van der Waals surface area contributed by atoms with Crippen LogP contribution in [0.5, 0.6) is 0 Å². The Kier molecular flexibility index (Phi) is 3.43. The van der Waals surface area contributed by atoms with Gasteiger partial charge in [0.1, 0.15) is 0 Å². The van der Waals surface area contributed by atoms with E-state index in [1.807, 2.05) is 17.9 Å². The van der Waals surface area contributed by atoms with Gasteiger partial charge in [-0.1, -0.05) is 0 Å². The van der Waals surface area contributed by atoms with Crippen molar-refractivity contribution in [3.63, 3.8) is 0 Å². The molecule has 17 heavy (non-hydrogen) atoms. The van der Waals surface area contributed by atoms with Crippen molar-refractivity contribution in [2.75, 3.05) is 13.1 Å². The van der Waals surface area contributed by atoms with Crippen LogP contribution < -0.4 is 5.32 Å². The molecule has 0 aliphatic carbocycles. The molecule has 4 nitrogen and oxygen atoms in total. The molecule has 2 rings (SSSR count). The second kappa shape index (κ2) is 4.84. The molecule has 0 aromatic carbocycles. The van der Waals surface area contributed by atoms with Crippen LogP contribution in [0, 0.1) is 6.92 Å². The molecule has 1 aromatic rings. The van der Waals surface area contributed by atoms with E-state index in [2.05, 4.69) is 24.1 Å². The Balaban J connectivity index is 2.18. The van der Waals surface area contributed by atoms with E-state index in [4.69, 9.17) is 0 Å². The summed E-state index contributed by atoms with van der Waals surface area (Å²) in [4.78, 5) is 18.4. The van der Waals surface area contributed by atoms with E-state index >= 15 is 0 Å². The minimum Gasteiger partial charge on any atom is -0.333 e. The molecule has 0 radical (unpaired) electrons. The van der Waals surface area contributed by atoms with Crippen LogP contribution in [0.15, 0.2) is 18.5 Å². The van der Waals surface area contributed by atoms with Gasteiger partial charge in [-0.2, -0.15) is 0 Å². The Hall–Kier alpha value is -1.42. The van der Waals surface area contributed by atoms with Gasteiger partial charge in [-0.25, -0.2) is 0 Å². The van der Waals surface area contributed by atoms with Crippen molar-refractivity contribution in [3.8, 4) is 0 Å². The fourth-order valence-corrected chi connectivity index (χ4v) is 2.14. The van der Waals surface area contributed by atoms with E-state index < -0.39 is 0 Å². The topological polar surface area (TPSA) is 45.2 Å². The summed E-state index contributed by atoms with van der Waals surface area (Å²) in [5.41, 5.74) is 1.71. The van der Waals surface area contributed by atoms with E-state index in [0.717, 1.165) is 18.7 Å². The molecule has 1 N–H and O–H groups in total. The van der Waals surface area contributed by atoms with Gasteiger partial charge in [-0.15, -0.1) is 0 Å². The third-order valence-electron chi connectivity index (χ3n) is 3.15. The number of piperazine rings is 1. The fourth-order valence-electron chi connectivity index (χ4n) is 2.14. The lowest BCUT2D eigenvalue weighted by Gasteiger charge is -2.37. The molecule has 2 atom stereocenters. The summed E-state index contributed by atoms with van der Waals surface area (Å²) < 4.78 is 0. The first-order valence-electron chi connectivity index (χ1n) is 6.04. The Morgan fingerprint density at radius 1 is 1.47 bits per heavy atom. The van der Waals surface area contributed by atoms with Crippen LogP contribution in [0.3, 0.4) is 0 Å². The Morgan fingerprint density at radius 3 is 2.94 bits per heavy atom. The second-order valence-electron chi connectivity index (χ2n) is 4.87.